The smallest absolute Gasteiger partial charge is 0.321 e. The van der Waals surface area contributed by atoms with E-state index in [1.807, 2.05) is 19.9 Å². The Bertz CT molecular complexity index is 512. The minimum atomic E-state index is -0.627. The number of carbonyl (C=O) groups is 3. The Kier molecular flexibility index (Phi) is 4.45. The summed E-state index contributed by atoms with van der Waals surface area (Å²) >= 11 is 0. The fourth-order valence-corrected chi connectivity index (χ4v) is 3.11. The number of urea groups is 1. The zero-order valence-corrected chi connectivity index (χ0v) is 12.4. The SMILES string of the molecule is C/C=C/C=C/C(=O)N1CC2C(=O)NC(=O)NC2(CCC)C1. The van der Waals surface area contributed by atoms with Gasteiger partial charge in [0.15, 0.2) is 0 Å². The maximum Gasteiger partial charge on any atom is 0.321 e. The topological polar surface area (TPSA) is 78.5 Å². The molecule has 0 aliphatic carbocycles. The molecule has 2 fully saturated rings. The molecule has 2 atom stereocenters. The molecule has 4 amide bonds. The van der Waals surface area contributed by atoms with Crippen LogP contribution in [0.1, 0.15) is 26.7 Å². The Morgan fingerprint density at radius 2 is 2.19 bits per heavy atom. The van der Waals surface area contributed by atoms with Crippen LogP contribution < -0.4 is 10.6 Å². The molecule has 2 unspecified atom stereocenters. The number of amides is 4. The molecule has 0 saturated carbocycles. The maximum atomic E-state index is 12.2. The van der Waals surface area contributed by atoms with Crippen LogP contribution in [0.4, 0.5) is 4.79 Å². The van der Waals surface area contributed by atoms with Crippen molar-refractivity contribution < 1.29 is 14.4 Å². The summed E-state index contributed by atoms with van der Waals surface area (Å²) in [6.07, 6.45) is 8.28. The van der Waals surface area contributed by atoms with Crippen molar-refractivity contribution in [2.45, 2.75) is 32.2 Å². The lowest BCUT2D eigenvalue weighted by Crippen LogP contribution is -2.66. The normalized spacial score (nSPS) is 28.9. The second-order valence-electron chi connectivity index (χ2n) is 5.51. The van der Waals surface area contributed by atoms with Crippen LogP contribution in [0.25, 0.3) is 0 Å². The summed E-state index contributed by atoms with van der Waals surface area (Å²) in [7, 11) is 0. The van der Waals surface area contributed by atoms with E-state index in [0.29, 0.717) is 19.5 Å². The molecule has 21 heavy (non-hydrogen) atoms. The summed E-state index contributed by atoms with van der Waals surface area (Å²) in [4.78, 5) is 37.5. The first-order chi connectivity index (χ1) is 10.0. The van der Waals surface area contributed by atoms with Crippen LogP contribution in [0.2, 0.25) is 0 Å². The average Bonchev–Trinajstić information content (AvgIpc) is 2.79. The highest BCUT2D eigenvalue weighted by Gasteiger charge is 2.54. The van der Waals surface area contributed by atoms with E-state index in [2.05, 4.69) is 10.6 Å². The summed E-state index contributed by atoms with van der Waals surface area (Å²) < 4.78 is 0. The van der Waals surface area contributed by atoms with Crippen molar-refractivity contribution in [2.24, 2.45) is 5.92 Å². The summed E-state index contributed by atoms with van der Waals surface area (Å²) in [5.74, 6) is -0.811. The number of rotatable bonds is 4. The minimum absolute atomic E-state index is 0.139. The molecule has 6 nitrogen and oxygen atoms in total. The monoisotopic (exact) mass is 291 g/mol. The highest BCUT2D eigenvalue weighted by Crippen LogP contribution is 2.34. The van der Waals surface area contributed by atoms with Crippen molar-refractivity contribution in [3.63, 3.8) is 0 Å². The second-order valence-corrected chi connectivity index (χ2v) is 5.51. The van der Waals surface area contributed by atoms with Gasteiger partial charge in [-0.1, -0.05) is 31.6 Å². The van der Waals surface area contributed by atoms with E-state index in [9.17, 15) is 14.4 Å². The third-order valence-corrected chi connectivity index (χ3v) is 4.01. The largest absolute Gasteiger partial charge is 0.336 e. The van der Waals surface area contributed by atoms with E-state index in [0.717, 1.165) is 6.42 Å². The van der Waals surface area contributed by atoms with Crippen LogP contribution in [0.3, 0.4) is 0 Å². The van der Waals surface area contributed by atoms with Gasteiger partial charge in [-0.15, -0.1) is 0 Å². The first-order valence-corrected chi connectivity index (χ1v) is 7.23. The van der Waals surface area contributed by atoms with Gasteiger partial charge in [0.05, 0.1) is 11.5 Å². The van der Waals surface area contributed by atoms with Gasteiger partial charge in [0.1, 0.15) is 0 Å². The van der Waals surface area contributed by atoms with E-state index < -0.39 is 11.6 Å². The predicted octanol–water partition coefficient (Wildman–Crippen LogP) is 0.955. The van der Waals surface area contributed by atoms with Gasteiger partial charge >= 0.3 is 6.03 Å². The van der Waals surface area contributed by atoms with E-state index in [-0.39, 0.29) is 17.7 Å². The zero-order valence-electron chi connectivity index (χ0n) is 12.4. The number of carbonyl (C=O) groups excluding carboxylic acids is 3. The summed E-state index contributed by atoms with van der Waals surface area (Å²) in [6, 6.07) is -0.469. The third kappa shape index (κ3) is 2.99. The number of imide groups is 1. The standard InChI is InChI=1S/C15H21N3O3/c1-3-5-6-7-12(19)18-9-11-13(20)16-14(21)17-15(11,10-18)8-4-2/h3,5-7,11H,4,8-10H2,1-2H3,(H2,16,17,20,21)/b5-3+,7-6+. The average molecular weight is 291 g/mol. The first-order valence-electron chi connectivity index (χ1n) is 7.23. The minimum Gasteiger partial charge on any atom is -0.336 e. The van der Waals surface area contributed by atoms with Gasteiger partial charge in [0, 0.05) is 19.2 Å². The number of nitrogens with one attached hydrogen (secondary N) is 2. The number of allylic oxidation sites excluding steroid dienone is 3. The van der Waals surface area contributed by atoms with Crippen LogP contribution in [-0.2, 0) is 9.59 Å². The Hall–Kier alpha value is -2.11. The Balaban J connectivity index is 2.19. The van der Waals surface area contributed by atoms with Crippen LogP contribution in [0, 0.1) is 5.92 Å². The van der Waals surface area contributed by atoms with E-state index in [1.165, 1.54) is 6.08 Å². The summed E-state index contributed by atoms with van der Waals surface area (Å²) in [6.45, 7) is 4.59. The van der Waals surface area contributed by atoms with Gasteiger partial charge in [-0.2, -0.15) is 0 Å². The van der Waals surface area contributed by atoms with E-state index in [4.69, 9.17) is 0 Å². The number of fused-ring (bicyclic) bond motifs is 1. The van der Waals surface area contributed by atoms with Crippen LogP contribution in [0.5, 0.6) is 0 Å². The van der Waals surface area contributed by atoms with Gasteiger partial charge in [0.2, 0.25) is 11.8 Å². The number of nitrogens with zero attached hydrogens (tertiary/aromatic N) is 1. The van der Waals surface area contributed by atoms with Crippen molar-refractivity contribution in [1.82, 2.24) is 15.5 Å². The molecule has 2 aliphatic heterocycles. The summed E-state index contributed by atoms with van der Waals surface area (Å²) in [5.41, 5.74) is -0.627. The molecule has 2 rings (SSSR count). The highest BCUT2D eigenvalue weighted by atomic mass is 16.2. The fraction of sp³-hybridized carbons (Fsp3) is 0.533. The highest BCUT2D eigenvalue weighted by molar-refractivity contribution is 6.00. The molecule has 0 aromatic heterocycles. The molecule has 0 aromatic carbocycles. The van der Waals surface area contributed by atoms with Crippen molar-refractivity contribution in [3.8, 4) is 0 Å². The zero-order chi connectivity index (χ0) is 15.5. The van der Waals surface area contributed by atoms with Gasteiger partial charge in [-0.25, -0.2) is 4.79 Å². The molecule has 2 saturated heterocycles. The van der Waals surface area contributed by atoms with Gasteiger partial charge in [-0.05, 0) is 13.3 Å². The molecule has 0 bridgehead atoms. The van der Waals surface area contributed by atoms with Crippen molar-refractivity contribution in [2.75, 3.05) is 13.1 Å². The molecule has 0 aromatic rings. The molecule has 2 heterocycles. The predicted molar refractivity (Wildman–Crippen MR) is 78.3 cm³/mol. The summed E-state index contributed by atoms with van der Waals surface area (Å²) in [5, 5.41) is 5.16. The Labute approximate surface area is 124 Å². The Morgan fingerprint density at radius 3 is 2.86 bits per heavy atom. The second kappa shape index (κ2) is 6.11. The van der Waals surface area contributed by atoms with Gasteiger partial charge in [-0.3, -0.25) is 14.9 Å². The molecule has 114 valence electrons. The third-order valence-electron chi connectivity index (χ3n) is 4.01. The lowest BCUT2D eigenvalue weighted by molar-refractivity contribution is -0.127. The molecule has 6 heteroatoms. The quantitative estimate of drug-likeness (QED) is 0.598. The van der Waals surface area contributed by atoms with E-state index in [1.54, 1.807) is 17.1 Å². The molecule has 2 aliphatic rings. The molecule has 0 radical (unpaired) electrons. The van der Waals surface area contributed by atoms with Crippen LogP contribution in [0.15, 0.2) is 24.3 Å². The Morgan fingerprint density at radius 1 is 1.43 bits per heavy atom. The van der Waals surface area contributed by atoms with Crippen molar-refractivity contribution in [1.29, 1.82) is 0 Å². The lowest BCUT2D eigenvalue weighted by atomic mass is 9.81. The number of likely N-dealkylation sites (tertiary alicyclic amines) is 1. The lowest BCUT2D eigenvalue weighted by Gasteiger charge is -2.38. The van der Waals surface area contributed by atoms with Crippen LogP contribution >= 0.6 is 0 Å². The molecule has 0 spiro atoms. The molecular weight excluding hydrogens is 270 g/mol. The molecular formula is C15H21N3O3. The van der Waals surface area contributed by atoms with Gasteiger partial charge in [0.25, 0.3) is 0 Å². The molecule has 2 N–H and O–H groups in total. The van der Waals surface area contributed by atoms with E-state index >= 15 is 0 Å². The fourth-order valence-electron chi connectivity index (χ4n) is 3.11. The van der Waals surface area contributed by atoms with Gasteiger partial charge < -0.3 is 10.2 Å². The number of hydrogen-bond acceptors (Lipinski definition) is 3. The number of hydrogen-bond donors (Lipinski definition) is 2. The first kappa shape index (κ1) is 15.3. The van der Waals surface area contributed by atoms with Crippen LogP contribution in [-0.4, -0.2) is 41.4 Å². The van der Waals surface area contributed by atoms with Crippen molar-refractivity contribution in [3.05, 3.63) is 24.3 Å². The maximum absolute atomic E-state index is 12.2. The van der Waals surface area contributed by atoms with Crippen molar-refractivity contribution >= 4 is 17.8 Å².